The smallest absolute Gasteiger partial charge is 0.410 e. The average Bonchev–Trinajstić information content (AvgIpc) is 3.10. The summed E-state index contributed by atoms with van der Waals surface area (Å²) >= 11 is 0. The zero-order chi connectivity index (χ0) is 19.1. The molecule has 0 spiro atoms. The van der Waals surface area contributed by atoms with Crippen molar-refractivity contribution < 1.29 is 14.3 Å². The highest BCUT2D eigenvalue weighted by molar-refractivity contribution is 5.87. The first-order chi connectivity index (χ1) is 13.1. The van der Waals surface area contributed by atoms with Crippen LogP contribution >= 0.6 is 0 Å². The topological polar surface area (TPSA) is 101 Å². The van der Waals surface area contributed by atoms with Gasteiger partial charge in [-0.25, -0.2) is 9.59 Å². The van der Waals surface area contributed by atoms with Crippen molar-refractivity contribution in [3.05, 3.63) is 42.1 Å². The Labute approximate surface area is 157 Å². The molecule has 9 nitrogen and oxygen atoms in total. The summed E-state index contributed by atoms with van der Waals surface area (Å²) in [5.74, 6) is 0.584. The molecule has 2 N–H and O–H groups in total. The second-order valence-electron chi connectivity index (χ2n) is 6.61. The summed E-state index contributed by atoms with van der Waals surface area (Å²) in [7, 11) is 1.73. The Hall–Kier alpha value is -3.10. The van der Waals surface area contributed by atoms with E-state index in [0.717, 1.165) is 18.4 Å². The lowest BCUT2D eigenvalue weighted by Crippen LogP contribution is -2.44. The van der Waals surface area contributed by atoms with E-state index >= 15 is 0 Å². The molecule has 27 heavy (non-hydrogen) atoms. The molecule has 1 atom stereocenters. The van der Waals surface area contributed by atoms with Crippen LogP contribution in [0.25, 0.3) is 0 Å². The highest BCUT2D eigenvalue weighted by atomic mass is 16.6. The number of ether oxygens (including phenoxy) is 1. The van der Waals surface area contributed by atoms with E-state index in [1.54, 1.807) is 18.1 Å². The first-order valence-corrected chi connectivity index (χ1v) is 8.97. The summed E-state index contributed by atoms with van der Waals surface area (Å²) in [6, 6.07) is 9.26. The van der Waals surface area contributed by atoms with E-state index in [1.165, 1.54) is 4.68 Å². The minimum Gasteiger partial charge on any atom is -0.445 e. The van der Waals surface area contributed by atoms with Crippen molar-refractivity contribution in [3.8, 4) is 0 Å². The maximum Gasteiger partial charge on any atom is 0.410 e. The molecule has 1 aliphatic heterocycles. The Morgan fingerprint density at radius 2 is 2.11 bits per heavy atom. The van der Waals surface area contributed by atoms with E-state index < -0.39 is 0 Å². The number of anilines is 1. The van der Waals surface area contributed by atoms with Crippen LogP contribution in [-0.2, 0) is 18.4 Å². The van der Waals surface area contributed by atoms with Gasteiger partial charge >= 0.3 is 12.1 Å². The summed E-state index contributed by atoms with van der Waals surface area (Å²) in [6.07, 6.45) is 3.14. The van der Waals surface area contributed by atoms with Crippen LogP contribution in [0.4, 0.5) is 15.4 Å². The van der Waals surface area contributed by atoms with Crippen molar-refractivity contribution in [1.29, 1.82) is 0 Å². The van der Waals surface area contributed by atoms with Crippen LogP contribution < -0.4 is 10.6 Å². The van der Waals surface area contributed by atoms with Gasteiger partial charge in [-0.05, 0) is 24.3 Å². The summed E-state index contributed by atoms with van der Waals surface area (Å²) in [5.41, 5.74) is 0.960. The van der Waals surface area contributed by atoms with Gasteiger partial charge in [0.25, 0.3) is 0 Å². The number of carbonyl (C=O) groups excluding carboxylic acids is 2. The standard InChI is InChI=1S/C18H24N6O3/c1-23-12-16(21-22-23)20-17(25)19-10-15-8-5-9-24(11-15)18(26)27-13-14-6-3-2-4-7-14/h2-4,6-7,12,15H,5,8-11,13H2,1H3,(H2,19,20,25)/t15-/m0/s1. The highest BCUT2D eigenvalue weighted by Gasteiger charge is 2.25. The average molecular weight is 372 g/mol. The Morgan fingerprint density at radius 1 is 1.30 bits per heavy atom. The van der Waals surface area contributed by atoms with Gasteiger partial charge in [-0.15, -0.1) is 5.10 Å². The fourth-order valence-electron chi connectivity index (χ4n) is 3.01. The van der Waals surface area contributed by atoms with Crippen molar-refractivity contribution >= 4 is 17.9 Å². The summed E-state index contributed by atoms with van der Waals surface area (Å²) in [4.78, 5) is 25.9. The first-order valence-electron chi connectivity index (χ1n) is 8.97. The molecule has 0 saturated carbocycles. The minimum absolute atomic E-state index is 0.190. The molecule has 1 saturated heterocycles. The van der Waals surface area contributed by atoms with Crippen molar-refractivity contribution in [3.63, 3.8) is 0 Å². The van der Waals surface area contributed by atoms with Crippen molar-refractivity contribution in [2.45, 2.75) is 19.4 Å². The van der Waals surface area contributed by atoms with Gasteiger partial charge in [-0.1, -0.05) is 35.5 Å². The van der Waals surface area contributed by atoms with Gasteiger partial charge in [-0.2, -0.15) is 0 Å². The Kier molecular flexibility index (Phi) is 6.24. The van der Waals surface area contributed by atoms with Gasteiger partial charge in [-0.3, -0.25) is 10.00 Å². The fourth-order valence-corrected chi connectivity index (χ4v) is 3.01. The number of nitrogens with zero attached hydrogens (tertiary/aromatic N) is 4. The van der Waals surface area contributed by atoms with E-state index in [4.69, 9.17) is 4.74 Å². The maximum absolute atomic E-state index is 12.3. The molecule has 2 aromatic rings. The lowest BCUT2D eigenvalue weighted by molar-refractivity contribution is 0.0793. The molecule has 0 radical (unpaired) electrons. The van der Waals surface area contributed by atoms with Gasteiger partial charge in [0.15, 0.2) is 5.82 Å². The van der Waals surface area contributed by atoms with E-state index in [1.807, 2.05) is 30.3 Å². The monoisotopic (exact) mass is 372 g/mol. The molecule has 2 heterocycles. The molecular weight excluding hydrogens is 348 g/mol. The number of piperidine rings is 1. The number of carbonyl (C=O) groups is 2. The molecular formula is C18H24N6O3. The summed E-state index contributed by atoms with van der Waals surface area (Å²) < 4.78 is 6.90. The molecule has 3 amide bonds. The quantitative estimate of drug-likeness (QED) is 0.836. The third-order valence-electron chi connectivity index (χ3n) is 4.38. The number of urea groups is 1. The lowest BCUT2D eigenvalue weighted by Gasteiger charge is -2.32. The van der Waals surface area contributed by atoms with Crippen molar-refractivity contribution in [1.82, 2.24) is 25.2 Å². The second-order valence-corrected chi connectivity index (χ2v) is 6.61. The van der Waals surface area contributed by atoms with Crippen molar-refractivity contribution in [2.24, 2.45) is 13.0 Å². The van der Waals surface area contributed by atoms with Crippen LogP contribution in [0.15, 0.2) is 36.5 Å². The van der Waals surface area contributed by atoms with Gasteiger partial charge < -0.3 is 15.0 Å². The molecule has 1 aromatic heterocycles. The number of hydrogen-bond acceptors (Lipinski definition) is 5. The van der Waals surface area contributed by atoms with Gasteiger partial charge in [0.1, 0.15) is 6.61 Å². The number of nitrogens with one attached hydrogen (secondary N) is 2. The molecule has 0 bridgehead atoms. The summed E-state index contributed by atoms with van der Waals surface area (Å²) in [6.45, 7) is 1.99. The Bertz CT molecular complexity index is 763. The van der Waals surface area contributed by atoms with Gasteiger partial charge in [0, 0.05) is 26.7 Å². The maximum atomic E-state index is 12.3. The Morgan fingerprint density at radius 3 is 2.85 bits per heavy atom. The molecule has 0 unspecified atom stereocenters. The number of amides is 3. The highest BCUT2D eigenvalue weighted by Crippen LogP contribution is 2.17. The molecule has 1 fully saturated rings. The predicted octanol–water partition coefficient (Wildman–Crippen LogP) is 1.99. The largest absolute Gasteiger partial charge is 0.445 e. The normalized spacial score (nSPS) is 16.6. The van der Waals surface area contributed by atoms with Gasteiger partial charge in [0.05, 0.1) is 6.20 Å². The van der Waals surface area contributed by atoms with Crippen LogP contribution in [0, 0.1) is 5.92 Å². The van der Waals surface area contributed by atoms with E-state index in [-0.39, 0.29) is 24.6 Å². The molecule has 9 heteroatoms. The van der Waals surface area contributed by atoms with Crippen LogP contribution in [0.1, 0.15) is 18.4 Å². The zero-order valence-corrected chi connectivity index (χ0v) is 15.3. The Balaban J connectivity index is 1.40. The molecule has 144 valence electrons. The van der Waals surface area contributed by atoms with Crippen LogP contribution in [0.2, 0.25) is 0 Å². The van der Waals surface area contributed by atoms with Crippen LogP contribution in [0.3, 0.4) is 0 Å². The third-order valence-corrected chi connectivity index (χ3v) is 4.38. The SMILES string of the molecule is Cn1cc(NC(=O)NC[C@@H]2CCCN(C(=O)OCc3ccccc3)C2)nn1. The number of likely N-dealkylation sites (tertiary alicyclic amines) is 1. The van der Waals surface area contributed by atoms with Crippen LogP contribution in [-0.4, -0.2) is 51.7 Å². The molecule has 1 aromatic carbocycles. The molecule has 1 aliphatic rings. The molecule has 0 aliphatic carbocycles. The van der Waals surface area contributed by atoms with Crippen molar-refractivity contribution in [2.75, 3.05) is 25.0 Å². The van der Waals surface area contributed by atoms with E-state index in [0.29, 0.717) is 25.5 Å². The van der Waals surface area contributed by atoms with E-state index in [2.05, 4.69) is 20.9 Å². The number of aromatic nitrogens is 3. The first kappa shape index (κ1) is 18.7. The molecule has 3 rings (SSSR count). The number of aryl methyl sites for hydroxylation is 1. The lowest BCUT2D eigenvalue weighted by atomic mass is 9.98. The number of rotatable bonds is 5. The van der Waals surface area contributed by atoms with E-state index in [9.17, 15) is 9.59 Å². The number of hydrogen-bond donors (Lipinski definition) is 2. The van der Waals surface area contributed by atoms with Crippen LogP contribution in [0.5, 0.6) is 0 Å². The third kappa shape index (κ3) is 5.70. The minimum atomic E-state index is -0.334. The zero-order valence-electron chi connectivity index (χ0n) is 15.3. The summed E-state index contributed by atoms with van der Waals surface area (Å²) in [5, 5.41) is 13.0. The fraction of sp³-hybridized carbons (Fsp3) is 0.444. The number of benzene rings is 1. The predicted molar refractivity (Wildman–Crippen MR) is 98.9 cm³/mol. The van der Waals surface area contributed by atoms with Gasteiger partial charge in [0.2, 0.25) is 0 Å². The second kappa shape index (κ2) is 9.02.